The standard InChI is InChI=1S/C10H18O2S/c1-2-3-4-5-10(6-7-10)8(13)9(11)12/h8,13H,2-7H2,1H3,(H,11,12). The molecule has 1 fully saturated rings. The molecule has 0 aromatic rings. The summed E-state index contributed by atoms with van der Waals surface area (Å²) in [5.41, 5.74) is 0.0457. The number of carboxylic acid groups (broad SMARTS) is 1. The monoisotopic (exact) mass is 202 g/mol. The molecule has 1 unspecified atom stereocenters. The fourth-order valence-electron chi connectivity index (χ4n) is 1.81. The van der Waals surface area contributed by atoms with Crippen LogP contribution in [0.5, 0.6) is 0 Å². The summed E-state index contributed by atoms with van der Waals surface area (Å²) in [6, 6.07) is 0. The Kier molecular flexibility index (Phi) is 3.65. The third kappa shape index (κ3) is 2.63. The van der Waals surface area contributed by atoms with Crippen molar-refractivity contribution in [2.75, 3.05) is 0 Å². The topological polar surface area (TPSA) is 37.3 Å². The summed E-state index contributed by atoms with van der Waals surface area (Å²) in [6.45, 7) is 2.16. The highest BCUT2D eigenvalue weighted by atomic mass is 32.1. The van der Waals surface area contributed by atoms with Gasteiger partial charge in [-0.3, -0.25) is 4.79 Å². The van der Waals surface area contributed by atoms with Crippen molar-refractivity contribution in [2.45, 2.75) is 50.7 Å². The molecule has 1 aliphatic rings. The van der Waals surface area contributed by atoms with Gasteiger partial charge in [0.25, 0.3) is 0 Å². The van der Waals surface area contributed by atoms with Crippen molar-refractivity contribution >= 4 is 18.6 Å². The number of aliphatic carboxylic acids is 1. The predicted molar refractivity (Wildman–Crippen MR) is 56.2 cm³/mol. The maximum absolute atomic E-state index is 10.7. The van der Waals surface area contributed by atoms with Crippen LogP contribution < -0.4 is 0 Å². The van der Waals surface area contributed by atoms with Gasteiger partial charge < -0.3 is 5.11 Å². The van der Waals surface area contributed by atoms with Crippen LogP contribution in [0.2, 0.25) is 0 Å². The van der Waals surface area contributed by atoms with Crippen molar-refractivity contribution < 1.29 is 9.90 Å². The van der Waals surface area contributed by atoms with Gasteiger partial charge in [0.15, 0.2) is 0 Å². The Morgan fingerprint density at radius 3 is 2.54 bits per heavy atom. The van der Waals surface area contributed by atoms with Gasteiger partial charge in [-0.2, -0.15) is 12.6 Å². The molecule has 76 valence electrons. The van der Waals surface area contributed by atoms with Crippen molar-refractivity contribution in [3.63, 3.8) is 0 Å². The Balaban J connectivity index is 2.33. The van der Waals surface area contributed by atoms with Crippen LogP contribution >= 0.6 is 12.6 Å². The first-order chi connectivity index (χ1) is 6.12. The van der Waals surface area contributed by atoms with Gasteiger partial charge in [-0.25, -0.2) is 0 Å². The molecule has 0 aliphatic heterocycles. The predicted octanol–water partition coefficient (Wildman–Crippen LogP) is 2.73. The molecule has 13 heavy (non-hydrogen) atoms. The average molecular weight is 202 g/mol. The summed E-state index contributed by atoms with van der Waals surface area (Å²) < 4.78 is 0. The maximum atomic E-state index is 10.7. The van der Waals surface area contributed by atoms with Gasteiger partial charge in [-0.05, 0) is 24.7 Å². The van der Waals surface area contributed by atoms with Gasteiger partial charge in [0.05, 0.1) is 0 Å². The minimum atomic E-state index is -0.752. The molecular formula is C10H18O2S. The molecule has 1 saturated carbocycles. The summed E-state index contributed by atoms with van der Waals surface area (Å²) >= 11 is 4.17. The van der Waals surface area contributed by atoms with E-state index in [-0.39, 0.29) is 5.41 Å². The van der Waals surface area contributed by atoms with Gasteiger partial charge in [0.2, 0.25) is 0 Å². The summed E-state index contributed by atoms with van der Waals surface area (Å²) in [4.78, 5) is 10.7. The molecule has 0 saturated heterocycles. The van der Waals surface area contributed by atoms with Gasteiger partial charge in [0, 0.05) is 0 Å². The second-order valence-corrected chi connectivity index (χ2v) is 4.58. The van der Waals surface area contributed by atoms with E-state index in [1.165, 1.54) is 12.8 Å². The minimum absolute atomic E-state index is 0.0457. The third-order valence-corrected chi connectivity index (χ3v) is 3.75. The number of unbranched alkanes of at least 4 members (excludes halogenated alkanes) is 2. The molecule has 0 bridgehead atoms. The lowest BCUT2D eigenvalue weighted by molar-refractivity contribution is -0.137. The Morgan fingerprint density at radius 2 is 2.15 bits per heavy atom. The number of carboxylic acids is 1. The maximum Gasteiger partial charge on any atom is 0.316 e. The molecule has 1 atom stereocenters. The van der Waals surface area contributed by atoms with Crippen LogP contribution in [0.25, 0.3) is 0 Å². The van der Waals surface area contributed by atoms with Crippen molar-refractivity contribution in [1.82, 2.24) is 0 Å². The van der Waals surface area contributed by atoms with E-state index in [1.807, 2.05) is 0 Å². The van der Waals surface area contributed by atoms with Crippen LogP contribution in [0, 0.1) is 5.41 Å². The largest absolute Gasteiger partial charge is 0.480 e. The molecule has 1 rings (SSSR count). The fraction of sp³-hybridized carbons (Fsp3) is 0.900. The summed E-state index contributed by atoms with van der Waals surface area (Å²) in [5.74, 6) is -0.752. The molecule has 1 N–H and O–H groups in total. The third-order valence-electron chi connectivity index (χ3n) is 2.98. The molecule has 0 amide bonds. The van der Waals surface area contributed by atoms with Crippen LogP contribution in [-0.4, -0.2) is 16.3 Å². The second-order valence-electron chi connectivity index (χ2n) is 4.06. The number of thiol groups is 1. The van der Waals surface area contributed by atoms with Crippen LogP contribution in [0.15, 0.2) is 0 Å². The number of hydrogen-bond donors (Lipinski definition) is 2. The van der Waals surface area contributed by atoms with E-state index in [4.69, 9.17) is 5.11 Å². The molecule has 0 heterocycles. The zero-order valence-electron chi connectivity index (χ0n) is 8.12. The van der Waals surface area contributed by atoms with Crippen molar-refractivity contribution in [3.8, 4) is 0 Å². The highest BCUT2D eigenvalue weighted by Gasteiger charge is 2.50. The van der Waals surface area contributed by atoms with Crippen LogP contribution in [-0.2, 0) is 4.79 Å². The zero-order chi connectivity index (χ0) is 9.90. The smallest absolute Gasteiger partial charge is 0.316 e. The SMILES string of the molecule is CCCCCC1(C(S)C(=O)O)CC1. The number of carbonyl (C=O) groups is 1. The highest BCUT2D eigenvalue weighted by molar-refractivity contribution is 7.81. The normalized spacial score (nSPS) is 21.1. The van der Waals surface area contributed by atoms with Gasteiger partial charge in [0.1, 0.15) is 5.25 Å². The van der Waals surface area contributed by atoms with Crippen molar-refractivity contribution in [1.29, 1.82) is 0 Å². The molecule has 0 aromatic heterocycles. The first-order valence-electron chi connectivity index (χ1n) is 5.03. The highest BCUT2D eigenvalue weighted by Crippen LogP contribution is 2.54. The van der Waals surface area contributed by atoms with E-state index in [1.54, 1.807) is 0 Å². The Hall–Kier alpha value is -0.180. The Bertz CT molecular complexity index is 187. The summed E-state index contributed by atoms with van der Waals surface area (Å²) in [6.07, 6.45) is 6.71. The molecule has 0 spiro atoms. The van der Waals surface area contributed by atoms with Gasteiger partial charge in [-0.15, -0.1) is 0 Å². The van der Waals surface area contributed by atoms with Crippen molar-refractivity contribution in [3.05, 3.63) is 0 Å². The van der Waals surface area contributed by atoms with E-state index >= 15 is 0 Å². The molecule has 3 heteroatoms. The quantitative estimate of drug-likeness (QED) is 0.513. The molecule has 1 aliphatic carbocycles. The van der Waals surface area contributed by atoms with Crippen LogP contribution in [0.3, 0.4) is 0 Å². The first-order valence-corrected chi connectivity index (χ1v) is 5.55. The zero-order valence-corrected chi connectivity index (χ0v) is 9.02. The lowest BCUT2D eigenvalue weighted by Gasteiger charge is -2.18. The molecule has 2 nitrogen and oxygen atoms in total. The van der Waals surface area contributed by atoms with E-state index in [2.05, 4.69) is 19.6 Å². The van der Waals surface area contributed by atoms with Gasteiger partial charge >= 0.3 is 5.97 Å². The lowest BCUT2D eigenvalue weighted by Crippen LogP contribution is -2.25. The van der Waals surface area contributed by atoms with E-state index < -0.39 is 11.2 Å². The number of rotatable bonds is 6. The lowest BCUT2D eigenvalue weighted by atomic mass is 9.94. The second kappa shape index (κ2) is 4.36. The van der Waals surface area contributed by atoms with Crippen molar-refractivity contribution in [2.24, 2.45) is 5.41 Å². The number of hydrogen-bond acceptors (Lipinski definition) is 2. The van der Waals surface area contributed by atoms with E-state index in [0.717, 1.165) is 25.7 Å². The Morgan fingerprint density at radius 1 is 1.54 bits per heavy atom. The average Bonchev–Trinajstić information content (AvgIpc) is 2.85. The van der Waals surface area contributed by atoms with E-state index in [9.17, 15) is 4.79 Å². The first kappa shape index (κ1) is 10.9. The van der Waals surface area contributed by atoms with E-state index in [0.29, 0.717) is 0 Å². The Labute approximate surface area is 85.1 Å². The molecular weight excluding hydrogens is 184 g/mol. The minimum Gasteiger partial charge on any atom is -0.480 e. The molecule has 0 aromatic carbocycles. The van der Waals surface area contributed by atoms with Crippen LogP contribution in [0.1, 0.15) is 45.4 Å². The molecule has 0 radical (unpaired) electrons. The fourth-order valence-corrected chi connectivity index (χ4v) is 2.20. The van der Waals surface area contributed by atoms with Crippen LogP contribution in [0.4, 0.5) is 0 Å². The summed E-state index contributed by atoms with van der Waals surface area (Å²) in [7, 11) is 0. The van der Waals surface area contributed by atoms with Gasteiger partial charge in [-0.1, -0.05) is 26.2 Å². The summed E-state index contributed by atoms with van der Waals surface area (Å²) in [5, 5.41) is 8.40.